The summed E-state index contributed by atoms with van der Waals surface area (Å²) in [5.41, 5.74) is 3.25. The lowest BCUT2D eigenvalue weighted by molar-refractivity contribution is -0.386. The third kappa shape index (κ3) is 4.03. The number of nitrogens with one attached hydrogen (secondary N) is 2. The van der Waals surface area contributed by atoms with Crippen LogP contribution < -0.4 is 25.1 Å². The lowest BCUT2D eigenvalue weighted by Crippen LogP contribution is -2.42. The van der Waals surface area contributed by atoms with Crippen molar-refractivity contribution in [3.63, 3.8) is 0 Å². The van der Waals surface area contributed by atoms with Gasteiger partial charge in [0.1, 0.15) is 11.3 Å². The summed E-state index contributed by atoms with van der Waals surface area (Å²) in [6.07, 6.45) is 1.40. The number of aromatic nitrogens is 1. The summed E-state index contributed by atoms with van der Waals surface area (Å²) in [6, 6.07) is 5.76. The SMILES string of the molecule is COc1cc(C(=O)NNC(=O)c2ccccn2)c([N+](=O)[O-])c(OC)c1OC. The molecule has 1 heterocycles. The quantitative estimate of drug-likeness (QED) is 0.563. The second kappa shape index (κ2) is 8.47. The zero-order valence-electron chi connectivity index (χ0n) is 14.6. The molecule has 0 spiro atoms. The van der Waals surface area contributed by atoms with Crippen LogP contribution in [0.4, 0.5) is 5.69 Å². The first kappa shape index (κ1) is 19.4. The number of pyridine rings is 1. The molecule has 2 rings (SSSR count). The van der Waals surface area contributed by atoms with Gasteiger partial charge in [0, 0.05) is 12.3 Å². The normalized spacial score (nSPS) is 9.89. The molecule has 0 aliphatic rings. The smallest absolute Gasteiger partial charge is 0.327 e. The van der Waals surface area contributed by atoms with E-state index in [1.807, 2.05) is 0 Å². The van der Waals surface area contributed by atoms with Crippen molar-refractivity contribution in [2.24, 2.45) is 0 Å². The minimum Gasteiger partial charge on any atom is -0.493 e. The second-order valence-electron chi connectivity index (χ2n) is 4.92. The molecule has 0 unspecified atom stereocenters. The van der Waals surface area contributed by atoms with Crippen molar-refractivity contribution in [1.29, 1.82) is 0 Å². The van der Waals surface area contributed by atoms with Gasteiger partial charge in [0.25, 0.3) is 11.8 Å². The van der Waals surface area contributed by atoms with Crippen LogP contribution in [0.5, 0.6) is 17.2 Å². The largest absolute Gasteiger partial charge is 0.493 e. The Morgan fingerprint density at radius 1 is 1.04 bits per heavy atom. The number of benzene rings is 1. The molecule has 0 fully saturated rings. The fourth-order valence-corrected chi connectivity index (χ4v) is 2.24. The van der Waals surface area contributed by atoms with Crippen LogP contribution in [0, 0.1) is 10.1 Å². The Labute approximate surface area is 153 Å². The summed E-state index contributed by atoms with van der Waals surface area (Å²) in [5.74, 6) is -1.94. The van der Waals surface area contributed by atoms with Gasteiger partial charge in [-0.3, -0.25) is 35.5 Å². The Bertz CT molecular complexity index is 871. The number of hydrogen-bond donors (Lipinski definition) is 2. The van der Waals surface area contributed by atoms with Gasteiger partial charge in [-0.15, -0.1) is 0 Å². The number of amides is 2. The van der Waals surface area contributed by atoms with Gasteiger partial charge in [0.2, 0.25) is 11.5 Å². The van der Waals surface area contributed by atoms with E-state index in [-0.39, 0.29) is 22.9 Å². The zero-order chi connectivity index (χ0) is 20.0. The molecule has 11 heteroatoms. The second-order valence-corrected chi connectivity index (χ2v) is 4.92. The highest BCUT2D eigenvalue weighted by molar-refractivity contribution is 6.02. The monoisotopic (exact) mass is 376 g/mol. The van der Waals surface area contributed by atoms with Crippen LogP contribution in [-0.4, -0.2) is 43.1 Å². The minimum atomic E-state index is -0.953. The standard InChI is InChI=1S/C16H16N4O7/c1-25-11-8-9(12(20(23)24)14(27-3)13(11)26-2)15(21)18-19-16(22)10-6-4-5-7-17-10/h4-8H,1-3H3,(H,18,21)(H,19,22). The topological polar surface area (TPSA) is 142 Å². The van der Waals surface area contributed by atoms with Crippen LogP contribution in [0.3, 0.4) is 0 Å². The number of nitro groups is 1. The van der Waals surface area contributed by atoms with Crippen LogP contribution in [0.2, 0.25) is 0 Å². The Kier molecular flexibility index (Phi) is 6.10. The molecule has 1 aromatic heterocycles. The lowest BCUT2D eigenvalue weighted by Gasteiger charge is -2.15. The number of carbonyl (C=O) groups excluding carboxylic acids is 2. The van der Waals surface area contributed by atoms with Gasteiger partial charge in [0.15, 0.2) is 5.75 Å². The van der Waals surface area contributed by atoms with Gasteiger partial charge in [-0.25, -0.2) is 0 Å². The molecule has 2 N–H and O–H groups in total. The number of methoxy groups -OCH3 is 3. The highest BCUT2D eigenvalue weighted by Crippen LogP contribution is 2.46. The molecule has 1 aromatic carbocycles. The molecule has 0 aliphatic heterocycles. The fraction of sp³-hybridized carbons (Fsp3) is 0.188. The summed E-state index contributed by atoms with van der Waals surface area (Å²) < 4.78 is 15.2. The van der Waals surface area contributed by atoms with Crippen molar-refractivity contribution in [3.8, 4) is 17.2 Å². The fourth-order valence-electron chi connectivity index (χ4n) is 2.24. The Balaban J connectivity index is 2.37. The summed E-state index contributed by atoms with van der Waals surface area (Å²) in [5, 5.41) is 11.5. The zero-order valence-corrected chi connectivity index (χ0v) is 14.6. The van der Waals surface area contributed by atoms with Gasteiger partial charge in [-0.05, 0) is 12.1 Å². The first-order valence-corrected chi connectivity index (χ1v) is 7.43. The molecule has 0 radical (unpaired) electrons. The van der Waals surface area contributed by atoms with Gasteiger partial charge in [0.05, 0.1) is 26.3 Å². The maximum atomic E-state index is 12.4. The summed E-state index contributed by atoms with van der Waals surface area (Å²) in [4.78, 5) is 38.9. The van der Waals surface area contributed by atoms with Gasteiger partial charge in [-0.1, -0.05) is 6.07 Å². The van der Waals surface area contributed by atoms with E-state index in [1.54, 1.807) is 12.1 Å². The Morgan fingerprint density at radius 3 is 2.22 bits per heavy atom. The first-order chi connectivity index (χ1) is 12.9. The van der Waals surface area contributed by atoms with Crippen molar-refractivity contribution >= 4 is 17.5 Å². The molecule has 0 atom stereocenters. The summed E-state index contributed by atoms with van der Waals surface area (Å²) in [7, 11) is 3.76. The van der Waals surface area contributed by atoms with E-state index in [0.29, 0.717) is 0 Å². The van der Waals surface area contributed by atoms with E-state index in [4.69, 9.17) is 14.2 Å². The molecule has 0 aliphatic carbocycles. The highest BCUT2D eigenvalue weighted by Gasteiger charge is 2.32. The third-order valence-electron chi connectivity index (χ3n) is 3.42. The van der Waals surface area contributed by atoms with Crippen molar-refractivity contribution in [3.05, 3.63) is 51.8 Å². The van der Waals surface area contributed by atoms with E-state index < -0.39 is 28.0 Å². The van der Waals surface area contributed by atoms with Gasteiger partial charge < -0.3 is 14.2 Å². The van der Waals surface area contributed by atoms with E-state index in [2.05, 4.69) is 15.8 Å². The maximum absolute atomic E-state index is 12.4. The molecule has 2 aromatic rings. The van der Waals surface area contributed by atoms with Gasteiger partial charge in [-0.2, -0.15) is 0 Å². The van der Waals surface area contributed by atoms with Crippen molar-refractivity contribution in [1.82, 2.24) is 15.8 Å². The lowest BCUT2D eigenvalue weighted by atomic mass is 10.1. The van der Waals surface area contributed by atoms with Crippen LogP contribution in [0.25, 0.3) is 0 Å². The maximum Gasteiger partial charge on any atom is 0.327 e. The van der Waals surface area contributed by atoms with E-state index in [0.717, 1.165) is 6.07 Å². The number of nitro benzene ring substituents is 1. The molecule has 2 amide bonds. The van der Waals surface area contributed by atoms with Crippen LogP contribution in [-0.2, 0) is 0 Å². The molecular weight excluding hydrogens is 360 g/mol. The number of carbonyl (C=O) groups is 2. The number of hydrogen-bond acceptors (Lipinski definition) is 8. The molecule has 11 nitrogen and oxygen atoms in total. The number of ether oxygens (including phenoxy) is 3. The van der Waals surface area contributed by atoms with E-state index >= 15 is 0 Å². The van der Waals surface area contributed by atoms with Crippen LogP contribution >= 0.6 is 0 Å². The third-order valence-corrected chi connectivity index (χ3v) is 3.42. The summed E-state index contributed by atoms with van der Waals surface area (Å²) >= 11 is 0. The number of nitrogens with zero attached hydrogens (tertiary/aromatic N) is 2. The predicted octanol–water partition coefficient (Wildman–Crippen LogP) is 1.09. The molecule has 0 saturated carbocycles. The highest BCUT2D eigenvalue weighted by atomic mass is 16.6. The average Bonchev–Trinajstić information content (AvgIpc) is 2.70. The molecule has 0 saturated heterocycles. The molecule has 142 valence electrons. The van der Waals surface area contributed by atoms with Crippen molar-refractivity contribution in [2.75, 3.05) is 21.3 Å². The number of hydrazine groups is 1. The molecule has 27 heavy (non-hydrogen) atoms. The minimum absolute atomic E-state index is 0.0410. The first-order valence-electron chi connectivity index (χ1n) is 7.43. The van der Waals surface area contributed by atoms with Crippen molar-refractivity contribution < 1.29 is 28.7 Å². The Morgan fingerprint density at radius 2 is 1.70 bits per heavy atom. The molecule has 0 bridgehead atoms. The van der Waals surface area contributed by atoms with E-state index in [1.165, 1.54) is 33.6 Å². The molecular formula is C16H16N4O7. The average molecular weight is 376 g/mol. The number of rotatable bonds is 6. The van der Waals surface area contributed by atoms with Crippen LogP contribution in [0.1, 0.15) is 20.8 Å². The van der Waals surface area contributed by atoms with Crippen LogP contribution in [0.15, 0.2) is 30.5 Å². The van der Waals surface area contributed by atoms with E-state index in [9.17, 15) is 19.7 Å². The predicted molar refractivity (Wildman–Crippen MR) is 91.9 cm³/mol. The van der Waals surface area contributed by atoms with Crippen molar-refractivity contribution in [2.45, 2.75) is 0 Å². The van der Waals surface area contributed by atoms with Gasteiger partial charge >= 0.3 is 5.69 Å². The summed E-state index contributed by atoms with van der Waals surface area (Å²) in [6.45, 7) is 0. The Hall–Kier alpha value is -3.89.